The molecule has 1 aromatic heterocycles. The number of para-hydroxylation sites is 1. The highest BCUT2D eigenvalue weighted by atomic mass is 32.2. The molecule has 2 heterocycles. The van der Waals surface area contributed by atoms with Gasteiger partial charge in [-0.3, -0.25) is 4.79 Å². The number of sulfonamides is 1. The molecule has 1 fully saturated rings. The maximum atomic E-state index is 12.8. The van der Waals surface area contributed by atoms with E-state index in [4.69, 9.17) is 4.74 Å². The van der Waals surface area contributed by atoms with E-state index in [1.165, 1.54) is 4.31 Å². The van der Waals surface area contributed by atoms with Crippen LogP contribution in [0.4, 0.5) is 0 Å². The third kappa shape index (κ3) is 4.20. The molecule has 1 saturated heterocycles. The van der Waals surface area contributed by atoms with Crippen LogP contribution in [-0.4, -0.2) is 49.9 Å². The molecule has 0 bridgehead atoms. The van der Waals surface area contributed by atoms with Crippen LogP contribution in [0.2, 0.25) is 0 Å². The van der Waals surface area contributed by atoms with Gasteiger partial charge in [0.15, 0.2) is 0 Å². The number of fused-ring (bicyclic) bond motifs is 1. The molecular formula is C22H25N3O4S. The highest BCUT2D eigenvalue weighted by Crippen LogP contribution is 2.23. The molecule has 2 aromatic carbocycles. The van der Waals surface area contributed by atoms with E-state index in [9.17, 15) is 13.2 Å². The summed E-state index contributed by atoms with van der Waals surface area (Å²) in [7, 11) is -2.00. The standard InChI is InChI=1S/C22H25N3O4S/c1-29-18-6-8-19(9-7-18)30(27,28)25-12-10-17(11-13-25)24-22(26)14-16-15-23-21-5-3-2-4-20(16)21/h2-9,15,17,23H,10-14H2,1H3,(H,24,26). The number of benzene rings is 2. The number of hydrogen-bond acceptors (Lipinski definition) is 4. The summed E-state index contributed by atoms with van der Waals surface area (Å²) < 4.78 is 32.3. The predicted molar refractivity (Wildman–Crippen MR) is 115 cm³/mol. The number of aromatic nitrogens is 1. The van der Waals surface area contributed by atoms with Gasteiger partial charge in [-0.15, -0.1) is 0 Å². The van der Waals surface area contributed by atoms with Crippen molar-refractivity contribution in [2.75, 3.05) is 20.2 Å². The molecule has 0 saturated carbocycles. The van der Waals surface area contributed by atoms with E-state index < -0.39 is 10.0 Å². The number of ether oxygens (including phenoxy) is 1. The number of aromatic amines is 1. The second-order valence-corrected chi connectivity index (χ2v) is 9.40. The summed E-state index contributed by atoms with van der Waals surface area (Å²) in [5.41, 5.74) is 1.97. The van der Waals surface area contributed by atoms with Crippen LogP contribution in [0.1, 0.15) is 18.4 Å². The van der Waals surface area contributed by atoms with Crippen LogP contribution in [0.15, 0.2) is 59.6 Å². The molecule has 1 amide bonds. The SMILES string of the molecule is COc1ccc(S(=O)(=O)N2CCC(NC(=O)Cc3c[nH]c4ccccc34)CC2)cc1. The minimum Gasteiger partial charge on any atom is -0.497 e. The molecule has 0 spiro atoms. The van der Waals surface area contributed by atoms with Gasteiger partial charge in [0.25, 0.3) is 0 Å². The minimum atomic E-state index is -3.54. The number of methoxy groups -OCH3 is 1. The summed E-state index contributed by atoms with van der Waals surface area (Å²) in [5.74, 6) is 0.571. The van der Waals surface area contributed by atoms with Gasteiger partial charge in [-0.1, -0.05) is 18.2 Å². The van der Waals surface area contributed by atoms with E-state index >= 15 is 0 Å². The fourth-order valence-corrected chi connectivity index (χ4v) is 5.34. The lowest BCUT2D eigenvalue weighted by atomic mass is 10.1. The maximum absolute atomic E-state index is 12.8. The molecule has 158 valence electrons. The third-order valence-electron chi connectivity index (χ3n) is 5.54. The maximum Gasteiger partial charge on any atom is 0.243 e. The van der Waals surface area contributed by atoms with Crippen molar-refractivity contribution in [3.63, 3.8) is 0 Å². The lowest BCUT2D eigenvalue weighted by Gasteiger charge is -2.31. The second-order valence-electron chi connectivity index (χ2n) is 7.46. The zero-order valence-electron chi connectivity index (χ0n) is 16.8. The van der Waals surface area contributed by atoms with Crippen LogP contribution in [0.5, 0.6) is 5.75 Å². The number of piperidine rings is 1. The van der Waals surface area contributed by atoms with E-state index in [2.05, 4.69) is 10.3 Å². The minimum absolute atomic E-state index is 0.0231. The predicted octanol–water partition coefficient (Wildman–Crippen LogP) is 2.69. The van der Waals surface area contributed by atoms with Crippen LogP contribution in [0, 0.1) is 0 Å². The average molecular weight is 428 g/mol. The van der Waals surface area contributed by atoms with Crippen molar-refractivity contribution >= 4 is 26.8 Å². The van der Waals surface area contributed by atoms with Crippen molar-refractivity contribution in [1.82, 2.24) is 14.6 Å². The van der Waals surface area contributed by atoms with Gasteiger partial charge in [0, 0.05) is 36.2 Å². The Labute approximate surface area is 176 Å². The van der Waals surface area contributed by atoms with Crippen molar-refractivity contribution in [3.8, 4) is 5.75 Å². The fourth-order valence-electron chi connectivity index (χ4n) is 3.87. The zero-order valence-corrected chi connectivity index (χ0v) is 17.6. The molecule has 1 aliphatic rings. The van der Waals surface area contributed by atoms with E-state index in [1.807, 2.05) is 30.5 Å². The van der Waals surface area contributed by atoms with E-state index in [0.717, 1.165) is 16.5 Å². The van der Waals surface area contributed by atoms with Gasteiger partial charge in [0.1, 0.15) is 5.75 Å². The molecule has 0 radical (unpaired) electrons. The number of rotatable bonds is 6. The topological polar surface area (TPSA) is 91.5 Å². The summed E-state index contributed by atoms with van der Waals surface area (Å²) in [4.78, 5) is 15.9. The molecule has 2 N–H and O–H groups in total. The smallest absolute Gasteiger partial charge is 0.243 e. The van der Waals surface area contributed by atoms with Crippen molar-refractivity contribution < 1.29 is 17.9 Å². The van der Waals surface area contributed by atoms with Gasteiger partial charge in [-0.2, -0.15) is 4.31 Å². The van der Waals surface area contributed by atoms with Gasteiger partial charge in [-0.05, 0) is 48.7 Å². The van der Waals surface area contributed by atoms with E-state index in [1.54, 1.807) is 31.4 Å². The molecule has 1 aliphatic heterocycles. The van der Waals surface area contributed by atoms with Crippen LogP contribution >= 0.6 is 0 Å². The summed E-state index contributed by atoms with van der Waals surface area (Å²) in [6.07, 6.45) is 3.35. The van der Waals surface area contributed by atoms with Crippen molar-refractivity contribution in [3.05, 3.63) is 60.3 Å². The fraction of sp³-hybridized carbons (Fsp3) is 0.318. The number of hydrogen-bond donors (Lipinski definition) is 2. The molecule has 8 heteroatoms. The molecule has 7 nitrogen and oxygen atoms in total. The Morgan fingerprint density at radius 1 is 1.13 bits per heavy atom. The zero-order chi connectivity index (χ0) is 21.1. The first kappa shape index (κ1) is 20.4. The van der Waals surface area contributed by atoms with Gasteiger partial charge in [0.05, 0.1) is 18.4 Å². The number of amides is 1. The Morgan fingerprint density at radius 3 is 2.53 bits per heavy atom. The van der Waals surface area contributed by atoms with Gasteiger partial charge in [0.2, 0.25) is 15.9 Å². The monoisotopic (exact) mass is 427 g/mol. The summed E-state index contributed by atoms with van der Waals surface area (Å²) >= 11 is 0. The molecule has 0 unspecified atom stereocenters. The number of H-pyrrole nitrogens is 1. The highest BCUT2D eigenvalue weighted by Gasteiger charge is 2.30. The van der Waals surface area contributed by atoms with Crippen LogP contribution in [0.25, 0.3) is 10.9 Å². The lowest BCUT2D eigenvalue weighted by molar-refractivity contribution is -0.121. The number of carbonyl (C=O) groups excluding carboxylic acids is 1. The van der Waals surface area contributed by atoms with Crippen LogP contribution in [0.3, 0.4) is 0 Å². The molecule has 0 aliphatic carbocycles. The number of nitrogens with one attached hydrogen (secondary N) is 2. The van der Waals surface area contributed by atoms with Crippen molar-refractivity contribution in [2.24, 2.45) is 0 Å². The number of nitrogens with zero attached hydrogens (tertiary/aromatic N) is 1. The Morgan fingerprint density at radius 2 is 1.83 bits per heavy atom. The van der Waals surface area contributed by atoms with Crippen molar-refractivity contribution in [2.45, 2.75) is 30.2 Å². The quantitative estimate of drug-likeness (QED) is 0.633. The highest BCUT2D eigenvalue weighted by molar-refractivity contribution is 7.89. The summed E-state index contributed by atoms with van der Waals surface area (Å²) in [6.45, 7) is 0.763. The first-order chi connectivity index (χ1) is 14.5. The Hall–Kier alpha value is -2.84. The third-order valence-corrected chi connectivity index (χ3v) is 7.46. The lowest BCUT2D eigenvalue weighted by Crippen LogP contribution is -2.46. The summed E-state index contributed by atoms with van der Waals surface area (Å²) in [5, 5.41) is 4.11. The molecule has 0 atom stereocenters. The first-order valence-electron chi connectivity index (χ1n) is 9.96. The number of carbonyl (C=O) groups is 1. The van der Waals surface area contributed by atoms with E-state index in [-0.39, 0.29) is 16.8 Å². The normalized spacial score (nSPS) is 15.9. The van der Waals surface area contributed by atoms with Crippen LogP contribution < -0.4 is 10.1 Å². The largest absolute Gasteiger partial charge is 0.497 e. The Bertz CT molecular complexity index is 1130. The Balaban J connectivity index is 1.33. The first-order valence-corrected chi connectivity index (χ1v) is 11.4. The molecule has 3 aromatic rings. The second kappa shape index (κ2) is 8.49. The molecule has 30 heavy (non-hydrogen) atoms. The Kier molecular flexibility index (Phi) is 5.78. The van der Waals surface area contributed by atoms with Gasteiger partial charge < -0.3 is 15.0 Å². The average Bonchev–Trinajstić information content (AvgIpc) is 3.17. The van der Waals surface area contributed by atoms with Gasteiger partial charge >= 0.3 is 0 Å². The summed E-state index contributed by atoms with van der Waals surface area (Å²) in [6, 6.07) is 14.3. The molecular weight excluding hydrogens is 402 g/mol. The molecule has 4 rings (SSSR count). The van der Waals surface area contributed by atoms with Gasteiger partial charge in [-0.25, -0.2) is 8.42 Å². The van der Waals surface area contributed by atoms with Crippen molar-refractivity contribution in [1.29, 1.82) is 0 Å². The van der Waals surface area contributed by atoms with E-state index in [0.29, 0.717) is 38.1 Å². The van der Waals surface area contributed by atoms with Crippen LogP contribution in [-0.2, 0) is 21.2 Å².